The predicted molar refractivity (Wildman–Crippen MR) is 125 cm³/mol. The minimum absolute atomic E-state index is 0.0591. The molecule has 0 aliphatic carbocycles. The Balaban J connectivity index is 1.59. The standard InChI is InChI=1S/C19H19ClN4O4S3/c1-3-28-16-7-5-4-6-14(16)22-18-23-24-19(30-18)29-11-17(25)21-15-10-12(31(2,26)27)8-9-13(15)20/h4-10H,3,11H2,1-2H3,(H,21,25)(H,22,23). The zero-order valence-electron chi connectivity index (χ0n) is 16.6. The van der Waals surface area contributed by atoms with Gasteiger partial charge in [0.2, 0.25) is 11.0 Å². The first kappa shape index (κ1) is 23.3. The number of carbonyl (C=O) groups excluding carboxylic acids is 1. The van der Waals surface area contributed by atoms with Gasteiger partial charge in [-0.3, -0.25) is 4.79 Å². The summed E-state index contributed by atoms with van der Waals surface area (Å²) in [6.07, 6.45) is 1.09. The van der Waals surface area contributed by atoms with Gasteiger partial charge in [-0.15, -0.1) is 10.2 Å². The summed E-state index contributed by atoms with van der Waals surface area (Å²) in [5.74, 6) is 0.426. The van der Waals surface area contributed by atoms with Crippen molar-refractivity contribution >= 4 is 67.0 Å². The van der Waals surface area contributed by atoms with E-state index in [0.717, 1.165) is 11.9 Å². The fourth-order valence-electron chi connectivity index (χ4n) is 2.43. The molecule has 0 unspecified atom stereocenters. The van der Waals surface area contributed by atoms with Gasteiger partial charge in [-0.2, -0.15) is 0 Å². The van der Waals surface area contributed by atoms with Crippen LogP contribution in [0.3, 0.4) is 0 Å². The zero-order valence-corrected chi connectivity index (χ0v) is 19.8. The van der Waals surface area contributed by atoms with Crippen molar-refractivity contribution in [2.45, 2.75) is 16.2 Å². The van der Waals surface area contributed by atoms with E-state index in [-0.39, 0.29) is 27.3 Å². The van der Waals surface area contributed by atoms with Crippen molar-refractivity contribution in [3.05, 3.63) is 47.5 Å². The van der Waals surface area contributed by atoms with Crippen molar-refractivity contribution in [3.8, 4) is 5.75 Å². The number of halogens is 1. The minimum Gasteiger partial charge on any atom is -0.492 e. The number of benzene rings is 2. The normalized spacial score (nSPS) is 11.2. The van der Waals surface area contributed by atoms with Gasteiger partial charge in [-0.1, -0.05) is 46.8 Å². The molecular weight excluding hydrogens is 480 g/mol. The highest BCUT2D eigenvalue weighted by Gasteiger charge is 2.14. The first-order valence-electron chi connectivity index (χ1n) is 9.01. The van der Waals surface area contributed by atoms with Gasteiger partial charge in [-0.25, -0.2) is 8.42 Å². The fourth-order valence-corrected chi connectivity index (χ4v) is 4.81. The summed E-state index contributed by atoms with van der Waals surface area (Å²) in [5.41, 5.74) is 1.01. The van der Waals surface area contributed by atoms with Crippen LogP contribution in [-0.4, -0.2) is 43.1 Å². The van der Waals surface area contributed by atoms with Crippen LogP contribution in [0.1, 0.15) is 6.92 Å². The number of thioether (sulfide) groups is 1. The van der Waals surface area contributed by atoms with Crippen LogP contribution < -0.4 is 15.4 Å². The van der Waals surface area contributed by atoms with E-state index < -0.39 is 9.84 Å². The largest absolute Gasteiger partial charge is 0.492 e. The SMILES string of the molecule is CCOc1ccccc1Nc1nnc(SCC(=O)Nc2cc(S(C)(=O)=O)ccc2Cl)s1. The number of anilines is 3. The Kier molecular flexibility index (Phi) is 7.76. The van der Waals surface area contributed by atoms with Gasteiger partial charge in [0.1, 0.15) is 5.75 Å². The van der Waals surface area contributed by atoms with E-state index >= 15 is 0 Å². The number of ether oxygens (including phenoxy) is 1. The molecule has 1 amide bonds. The molecule has 0 fully saturated rings. The van der Waals surface area contributed by atoms with Gasteiger partial charge in [0.25, 0.3) is 0 Å². The molecule has 3 rings (SSSR count). The van der Waals surface area contributed by atoms with E-state index in [4.69, 9.17) is 16.3 Å². The van der Waals surface area contributed by atoms with E-state index in [2.05, 4.69) is 20.8 Å². The predicted octanol–water partition coefficient (Wildman–Crippen LogP) is 4.47. The molecule has 2 N–H and O–H groups in total. The number of hydrogen-bond acceptors (Lipinski definition) is 9. The third kappa shape index (κ3) is 6.57. The van der Waals surface area contributed by atoms with Gasteiger partial charge >= 0.3 is 0 Å². The molecule has 3 aromatic rings. The van der Waals surface area contributed by atoms with Crippen LogP contribution in [0.5, 0.6) is 5.75 Å². The monoisotopic (exact) mass is 498 g/mol. The first-order valence-corrected chi connectivity index (χ1v) is 13.1. The summed E-state index contributed by atoms with van der Waals surface area (Å²) in [6, 6.07) is 11.7. The number of nitrogens with zero attached hydrogens (tertiary/aromatic N) is 2. The van der Waals surface area contributed by atoms with Gasteiger partial charge < -0.3 is 15.4 Å². The molecule has 1 heterocycles. The van der Waals surface area contributed by atoms with Gasteiger partial charge in [0.05, 0.1) is 33.7 Å². The van der Waals surface area contributed by atoms with Crippen molar-refractivity contribution in [3.63, 3.8) is 0 Å². The van der Waals surface area contributed by atoms with Crippen molar-refractivity contribution in [1.82, 2.24) is 10.2 Å². The number of hydrogen-bond donors (Lipinski definition) is 2. The molecule has 1 aromatic heterocycles. The maximum absolute atomic E-state index is 12.3. The van der Waals surface area contributed by atoms with E-state index in [9.17, 15) is 13.2 Å². The number of rotatable bonds is 9. The lowest BCUT2D eigenvalue weighted by atomic mass is 10.3. The van der Waals surface area contributed by atoms with E-state index in [1.165, 1.54) is 41.3 Å². The molecule has 164 valence electrons. The Labute approximate surface area is 193 Å². The number of aromatic nitrogens is 2. The third-order valence-corrected chi connectivity index (χ3v) is 7.21. The molecule has 8 nitrogen and oxygen atoms in total. The second kappa shape index (κ2) is 10.3. The number of para-hydroxylation sites is 2. The van der Waals surface area contributed by atoms with E-state index in [0.29, 0.717) is 21.8 Å². The Morgan fingerprint density at radius 1 is 1.19 bits per heavy atom. The van der Waals surface area contributed by atoms with Crippen LogP contribution in [0.15, 0.2) is 51.7 Å². The van der Waals surface area contributed by atoms with Gasteiger partial charge in [-0.05, 0) is 37.3 Å². The Morgan fingerprint density at radius 3 is 2.71 bits per heavy atom. The first-order chi connectivity index (χ1) is 14.8. The molecule has 0 saturated carbocycles. The lowest BCUT2D eigenvalue weighted by Gasteiger charge is -2.09. The van der Waals surface area contributed by atoms with E-state index in [1.54, 1.807) is 0 Å². The molecule has 2 aromatic carbocycles. The number of amides is 1. The quantitative estimate of drug-likeness (QED) is 0.416. The second-order valence-electron chi connectivity index (χ2n) is 6.18. The van der Waals surface area contributed by atoms with Crippen molar-refractivity contribution in [2.24, 2.45) is 0 Å². The molecule has 0 aliphatic rings. The maximum Gasteiger partial charge on any atom is 0.234 e. The summed E-state index contributed by atoms with van der Waals surface area (Å²) in [4.78, 5) is 12.4. The van der Waals surface area contributed by atoms with Gasteiger partial charge in [0, 0.05) is 6.26 Å². The summed E-state index contributed by atoms with van der Waals surface area (Å²) in [5, 5.41) is 14.8. The van der Waals surface area contributed by atoms with Crippen LogP contribution in [0, 0.1) is 0 Å². The van der Waals surface area contributed by atoms with Crippen molar-refractivity contribution in [2.75, 3.05) is 29.2 Å². The van der Waals surface area contributed by atoms with Crippen LogP contribution >= 0.6 is 34.7 Å². The number of carbonyl (C=O) groups is 1. The summed E-state index contributed by atoms with van der Waals surface area (Å²) in [6.45, 7) is 2.45. The molecule has 0 saturated heterocycles. The number of sulfone groups is 1. The van der Waals surface area contributed by atoms with Gasteiger partial charge in [0.15, 0.2) is 14.2 Å². The minimum atomic E-state index is -3.41. The van der Waals surface area contributed by atoms with Crippen LogP contribution in [0.25, 0.3) is 0 Å². The lowest BCUT2D eigenvalue weighted by molar-refractivity contribution is -0.113. The van der Waals surface area contributed by atoms with Crippen LogP contribution in [0.4, 0.5) is 16.5 Å². The molecule has 0 bridgehead atoms. The molecule has 12 heteroatoms. The average molecular weight is 499 g/mol. The Hall–Kier alpha value is -2.34. The maximum atomic E-state index is 12.3. The van der Waals surface area contributed by atoms with Crippen molar-refractivity contribution < 1.29 is 17.9 Å². The third-order valence-electron chi connectivity index (χ3n) is 3.80. The highest BCUT2D eigenvalue weighted by Crippen LogP contribution is 2.32. The van der Waals surface area contributed by atoms with Crippen LogP contribution in [-0.2, 0) is 14.6 Å². The Bertz CT molecular complexity index is 1180. The molecular formula is C19H19ClN4O4S3. The molecule has 0 aliphatic heterocycles. The smallest absolute Gasteiger partial charge is 0.234 e. The number of nitrogens with one attached hydrogen (secondary N) is 2. The zero-order chi connectivity index (χ0) is 22.4. The van der Waals surface area contributed by atoms with Crippen LogP contribution in [0.2, 0.25) is 5.02 Å². The summed E-state index contributed by atoms with van der Waals surface area (Å²) < 4.78 is 29.6. The van der Waals surface area contributed by atoms with E-state index in [1.807, 2.05) is 31.2 Å². The molecule has 0 atom stereocenters. The second-order valence-corrected chi connectivity index (χ2v) is 10.8. The highest BCUT2D eigenvalue weighted by atomic mass is 35.5. The summed E-state index contributed by atoms with van der Waals surface area (Å²) in [7, 11) is -3.41. The topological polar surface area (TPSA) is 110 Å². The average Bonchev–Trinajstić information content (AvgIpc) is 3.16. The molecule has 0 spiro atoms. The van der Waals surface area contributed by atoms with Crippen molar-refractivity contribution in [1.29, 1.82) is 0 Å². The molecule has 0 radical (unpaired) electrons. The highest BCUT2D eigenvalue weighted by molar-refractivity contribution is 8.01. The molecule has 31 heavy (non-hydrogen) atoms. The lowest BCUT2D eigenvalue weighted by Crippen LogP contribution is -2.14. The Morgan fingerprint density at radius 2 is 1.97 bits per heavy atom. The summed E-state index contributed by atoms with van der Waals surface area (Å²) >= 11 is 8.58. The fraction of sp³-hybridized carbons (Fsp3) is 0.211.